The van der Waals surface area contributed by atoms with Crippen LogP contribution in [0.1, 0.15) is 48.1 Å². The van der Waals surface area contributed by atoms with Gasteiger partial charge >= 0.3 is 0 Å². The van der Waals surface area contributed by atoms with Gasteiger partial charge in [0.05, 0.1) is 12.5 Å². The molecule has 3 heteroatoms. The molecule has 0 aliphatic heterocycles. The average molecular weight is 372 g/mol. The maximum atomic E-state index is 12.4. The van der Waals surface area contributed by atoms with Gasteiger partial charge in [-0.2, -0.15) is 0 Å². The van der Waals surface area contributed by atoms with Crippen molar-refractivity contribution in [1.29, 1.82) is 0 Å². The van der Waals surface area contributed by atoms with Crippen LogP contribution in [0.3, 0.4) is 0 Å². The summed E-state index contributed by atoms with van der Waals surface area (Å²) in [5, 5.41) is 3.16. The van der Waals surface area contributed by atoms with Crippen LogP contribution in [0.5, 0.6) is 0 Å². The van der Waals surface area contributed by atoms with Crippen LogP contribution in [-0.2, 0) is 24.1 Å². The van der Waals surface area contributed by atoms with E-state index in [-0.39, 0.29) is 11.9 Å². The highest BCUT2D eigenvalue weighted by Gasteiger charge is 2.15. The Morgan fingerprint density at radius 3 is 2.61 bits per heavy atom. The third-order valence-electron chi connectivity index (χ3n) is 4.54. The zero-order chi connectivity index (χ0) is 16.2. The fourth-order valence-corrected chi connectivity index (χ4v) is 3.55. The first-order chi connectivity index (χ1) is 11.2. The summed E-state index contributed by atoms with van der Waals surface area (Å²) in [5.74, 6) is 0.0951. The molecular formula is C20H22BrNO. The molecule has 1 N–H and O–H groups in total. The molecule has 3 rings (SSSR count). The lowest BCUT2D eigenvalue weighted by atomic mass is 10.0. The van der Waals surface area contributed by atoms with Crippen LogP contribution in [0.15, 0.2) is 46.9 Å². The standard InChI is InChI=1S/C20H22BrNO/c1-2-19(16-8-10-18(21)11-9-16)22-20(23)13-14-6-7-15-4-3-5-17(15)12-14/h6-12,19H,2-5,13H2,1H3,(H,22,23)/t19-/m1/s1. The number of carbonyl (C=O) groups is 1. The minimum atomic E-state index is 0.0741. The fraction of sp³-hybridized carbons (Fsp3) is 0.350. The van der Waals surface area contributed by atoms with Crippen LogP contribution in [-0.4, -0.2) is 5.91 Å². The van der Waals surface area contributed by atoms with E-state index in [0.717, 1.165) is 28.4 Å². The summed E-state index contributed by atoms with van der Waals surface area (Å²) >= 11 is 3.45. The third-order valence-corrected chi connectivity index (χ3v) is 5.07. The zero-order valence-electron chi connectivity index (χ0n) is 13.4. The highest BCUT2D eigenvalue weighted by molar-refractivity contribution is 9.10. The first-order valence-corrected chi connectivity index (χ1v) is 9.10. The van der Waals surface area contributed by atoms with Crippen LogP contribution >= 0.6 is 15.9 Å². The van der Waals surface area contributed by atoms with E-state index in [1.807, 2.05) is 12.1 Å². The van der Waals surface area contributed by atoms with E-state index in [1.54, 1.807) is 0 Å². The molecule has 1 aliphatic carbocycles. The van der Waals surface area contributed by atoms with Gasteiger partial charge in [-0.05, 0) is 60.1 Å². The van der Waals surface area contributed by atoms with Gasteiger partial charge in [0.2, 0.25) is 5.91 Å². The van der Waals surface area contributed by atoms with Gasteiger partial charge in [0.1, 0.15) is 0 Å². The minimum absolute atomic E-state index is 0.0741. The SMILES string of the molecule is CC[C@@H](NC(=O)Cc1ccc2c(c1)CCC2)c1ccc(Br)cc1. The van der Waals surface area contributed by atoms with Crippen LogP contribution in [0.4, 0.5) is 0 Å². The molecular weight excluding hydrogens is 350 g/mol. The molecule has 2 aromatic rings. The molecule has 2 aromatic carbocycles. The van der Waals surface area contributed by atoms with Gasteiger partial charge in [-0.15, -0.1) is 0 Å². The van der Waals surface area contributed by atoms with Crippen molar-refractivity contribution in [2.45, 2.75) is 45.1 Å². The van der Waals surface area contributed by atoms with Crippen molar-refractivity contribution >= 4 is 21.8 Å². The van der Waals surface area contributed by atoms with Crippen LogP contribution in [0.25, 0.3) is 0 Å². The van der Waals surface area contributed by atoms with Crippen molar-refractivity contribution in [3.05, 3.63) is 69.2 Å². The Balaban J connectivity index is 1.64. The van der Waals surface area contributed by atoms with Crippen LogP contribution < -0.4 is 5.32 Å². The van der Waals surface area contributed by atoms with E-state index in [9.17, 15) is 4.79 Å². The molecule has 0 heterocycles. The lowest BCUT2D eigenvalue weighted by molar-refractivity contribution is -0.121. The Kier molecular flexibility index (Phi) is 5.16. The Morgan fingerprint density at radius 2 is 1.87 bits per heavy atom. The van der Waals surface area contributed by atoms with Gasteiger partial charge in [0.15, 0.2) is 0 Å². The lowest BCUT2D eigenvalue weighted by Crippen LogP contribution is -2.29. The van der Waals surface area contributed by atoms with Crippen molar-refractivity contribution in [1.82, 2.24) is 5.32 Å². The topological polar surface area (TPSA) is 29.1 Å². The molecule has 1 amide bonds. The molecule has 0 bridgehead atoms. The summed E-state index contributed by atoms with van der Waals surface area (Å²) in [6.45, 7) is 2.10. The maximum absolute atomic E-state index is 12.4. The minimum Gasteiger partial charge on any atom is -0.349 e. The molecule has 1 atom stereocenters. The molecule has 0 aromatic heterocycles. The normalized spacial score (nSPS) is 14.3. The molecule has 2 nitrogen and oxygen atoms in total. The monoisotopic (exact) mass is 371 g/mol. The van der Waals surface area contributed by atoms with E-state index in [1.165, 1.54) is 24.0 Å². The Morgan fingerprint density at radius 1 is 1.13 bits per heavy atom. The van der Waals surface area contributed by atoms with Crippen molar-refractivity contribution in [2.75, 3.05) is 0 Å². The second kappa shape index (κ2) is 7.31. The summed E-state index contributed by atoms with van der Waals surface area (Å²) in [6, 6.07) is 14.7. The van der Waals surface area contributed by atoms with E-state index in [4.69, 9.17) is 0 Å². The van der Waals surface area contributed by atoms with Crippen molar-refractivity contribution in [3.63, 3.8) is 0 Å². The van der Waals surface area contributed by atoms with Crippen molar-refractivity contribution in [2.24, 2.45) is 0 Å². The Bertz CT molecular complexity index is 693. The molecule has 0 saturated carbocycles. The number of carbonyl (C=O) groups excluding carboxylic acids is 1. The quantitative estimate of drug-likeness (QED) is 0.807. The molecule has 0 fully saturated rings. The summed E-state index contributed by atoms with van der Waals surface area (Å²) in [7, 11) is 0. The smallest absolute Gasteiger partial charge is 0.224 e. The molecule has 0 spiro atoms. The number of aryl methyl sites for hydroxylation is 2. The molecule has 0 radical (unpaired) electrons. The number of hydrogen-bond acceptors (Lipinski definition) is 1. The maximum Gasteiger partial charge on any atom is 0.224 e. The van der Waals surface area contributed by atoms with Gasteiger partial charge in [-0.3, -0.25) is 4.79 Å². The molecule has 0 unspecified atom stereocenters. The lowest BCUT2D eigenvalue weighted by Gasteiger charge is -2.18. The van der Waals surface area contributed by atoms with Crippen LogP contribution in [0, 0.1) is 0 Å². The first-order valence-electron chi connectivity index (χ1n) is 8.31. The predicted molar refractivity (Wildman–Crippen MR) is 97.5 cm³/mol. The highest BCUT2D eigenvalue weighted by Crippen LogP contribution is 2.23. The second-order valence-corrected chi connectivity index (χ2v) is 7.13. The van der Waals surface area contributed by atoms with Gasteiger partial charge in [0.25, 0.3) is 0 Å². The molecule has 1 aliphatic rings. The molecule has 0 saturated heterocycles. The summed E-state index contributed by atoms with van der Waals surface area (Å²) in [6.07, 6.45) is 4.93. The van der Waals surface area contributed by atoms with Crippen LogP contribution in [0.2, 0.25) is 0 Å². The number of benzene rings is 2. The predicted octanol–water partition coefficient (Wildman–Crippen LogP) is 4.75. The van der Waals surface area contributed by atoms with E-state index >= 15 is 0 Å². The number of rotatable bonds is 5. The van der Waals surface area contributed by atoms with E-state index < -0.39 is 0 Å². The molecule has 23 heavy (non-hydrogen) atoms. The third kappa shape index (κ3) is 4.03. The summed E-state index contributed by atoms with van der Waals surface area (Å²) < 4.78 is 1.06. The molecule has 120 valence electrons. The number of fused-ring (bicyclic) bond motifs is 1. The largest absolute Gasteiger partial charge is 0.349 e. The highest BCUT2D eigenvalue weighted by atomic mass is 79.9. The van der Waals surface area contributed by atoms with Gasteiger partial charge in [0, 0.05) is 4.47 Å². The first kappa shape index (κ1) is 16.3. The Labute approximate surface area is 146 Å². The van der Waals surface area contributed by atoms with Gasteiger partial charge < -0.3 is 5.32 Å². The van der Waals surface area contributed by atoms with Gasteiger partial charge in [-0.25, -0.2) is 0 Å². The fourth-order valence-electron chi connectivity index (χ4n) is 3.28. The van der Waals surface area contributed by atoms with Crippen molar-refractivity contribution in [3.8, 4) is 0 Å². The van der Waals surface area contributed by atoms with Crippen molar-refractivity contribution < 1.29 is 4.79 Å². The number of amides is 1. The zero-order valence-corrected chi connectivity index (χ0v) is 15.0. The second-order valence-electron chi connectivity index (χ2n) is 6.21. The number of halogens is 1. The number of hydrogen-bond donors (Lipinski definition) is 1. The van der Waals surface area contributed by atoms with E-state index in [2.05, 4.69) is 58.5 Å². The van der Waals surface area contributed by atoms with Gasteiger partial charge in [-0.1, -0.05) is 53.2 Å². The summed E-state index contributed by atoms with van der Waals surface area (Å²) in [4.78, 5) is 12.4. The summed E-state index contributed by atoms with van der Waals surface area (Å²) in [5.41, 5.74) is 5.15. The number of nitrogens with one attached hydrogen (secondary N) is 1. The average Bonchev–Trinajstić information content (AvgIpc) is 3.01. The van der Waals surface area contributed by atoms with E-state index in [0.29, 0.717) is 6.42 Å². The Hall–Kier alpha value is -1.61.